The third-order valence-corrected chi connectivity index (χ3v) is 5.05. The van der Waals surface area contributed by atoms with Crippen molar-refractivity contribution < 1.29 is 9.18 Å². The zero-order valence-electron chi connectivity index (χ0n) is 12.5. The predicted molar refractivity (Wildman–Crippen MR) is 80.5 cm³/mol. The summed E-state index contributed by atoms with van der Waals surface area (Å²) in [6.45, 7) is 5.73. The van der Waals surface area contributed by atoms with Crippen LogP contribution in [0.15, 0.2) is 24.3 Å². The first-order valence-corrected chi connectivity index (χ1v) is 7.90. The summed E-state index contributed by atoms with van der Waals surface area (Å²) in [6, 6.07) is 6.40. The van der Waals surface area contributed by atoms with Gasteiger partial charge in [-0.2, -0.15) is 0 Å². The van der Waals surface area contributed by atoms with E-state index >= 15 is 0 Å². The first kappa shape index (κ1) is 14.5. The van der Waals surface area contributed by atoms with Gasteiger partial charge in [0.1, 0.15) is 5.82 Å². The Balaban J connectivity index is 1.67. The molecule has 3 rings (SSSR count). The molecule has 1 unspecified atom stereocenters. The number of halogens is 1. The Morgan fingerprint density at radius 2 is 1.95 bits per heavy atom. The molecule has 2 aliphatic rings. The molecule has 0 spiro atoms. The van der Waals surface area contributed by atoms with E-state index in [1.165, 1.54) is 12.1 Å². The van der Waals surface area contributed by atoms with Crippen LogP contribution in [0.25, 0.3) is 0 Å². The van der Waals surface area contributed by atoms with Crippen LogP contribution in [0.2, 0.25) is 0 Å². The zero-order chi connectivity index (χ0) is 14.8. The van der Waals surface area contributed by atoms with Crippen LogP contribution in [-0.2, 0) is 4.79 Å². The van der Waals surface area contributed by atoms with Crippen molar-refractivity contribution in [2.45, 2.75) is 25.7 Å². The smallest absolute Gasteiger partial charge is 0.229 e. The summed E-state index contributed by atoms with van der Waals surface area (Å²) in [5.74, 6) is 1.02. The van der Waals surface area contributed by atoms with Crippen molar-refractivity contribution in [1.82, 2.24) is 10.2 Å². The molecule has 0 bridgehead atoms. The lowest BCUT2D eigenvalue weighted by molar-refractivity contribution is -0.132. The van der Waals surface area contributed by atoms with E-state index in [-0.39, 0.29) is 17.6 Å². The average molecular weight is 290 g/mol. The van der Waals surface area contributed by atoms with E-state index in [9.17, 15) is 9.18 Å². The molecule has 2 heterocycles. The molecule has 3 nitrogen and oxygen atoms in total. The average Bonchev–Trinajstić information content (AvgIpc) is 2.84. The van der Waals surface area contributed by atoms with Crippen LogP contribution in [0, 0.1) is 17.7 Å². The van der Waals surface area contributed by atoms with Crippen molar-refractivity contribution >= 4 is 5.91 Å². The monoisotopic (exact) mass is 290 g/mol. The Hall–Kier alpha value is -1.42. The summed E-state index contributed by atoms with van der Waals surface area (Å²) < 4.78 is 13.3. The number of fused-ring (bicyclic) bond motifs is 1. The van der Waals surface area contributed by atoms with Crippen molar-refractivity contribution in [2.24, 2.45) is 11.8 Å². The Morgan fingerprint density at radius 3 is 2.57 bits per heavy atom. The van der Waals surface area contributed by atoms with Gasteiger partial charge in [0.05, 0.1) is 5.92 Å². The molecule has 1 N–H and O–H groups in total. The first-order chi connectivity index (χ1) is 10.1. The number of nitrogens with zero attached hydrogens (tertiary/aromatic N) is 1. The van der Waals surface area contributed by atoms with Crippen LogP contribution in [0.4, 0.5) is 4.39 Å². The number of likely N-dealkylation sites (tertiary alicyclic amines) is 1. The molecular weight excluding hydrogens is 267 g/mol. The van der Waals surface area contributed by atoms with Crippen molar-refractivity contribution in [1.29, 1.82) is 0 Å². The standard InChI is InChI=1S/C17H23FN2O/c1-12(13-3-2-4-16(18)9-13)17(21)20-7-5-14-10-19-11-15(14)6-8-20/h2-4,9,12,14-15,19H,5-8,10-11H2,1H3/t12?,14-,15+. The van der Waals surface area contributed by atoms with E-state index in [0.717, 1.165) is 44.6 Å². The van der Waals surface area contributed by atoms with Crippen molar-refractivity contribution in [3.8, 4) is 0 Å². The molecular formula is C17H23FN2O. The van der Waals surface area contributed by atoms with Crippen molar-refractivity contribution in [2.75, 3.05) is 26.2 Å². The number of carbonyl (C=O) groups is 1. The lowest BCUT2D eigenvalue weighted by Gasteiger charge is -2.25. The molecule has 4 heteroatoms. The molecule has 0 aromatic heterocycles. The van der Waals surface area contributed by atoms with Gasteiger partial charge in [0, 0.05) is 13.1 Å². The van der Waals surface area contributed by atoms with E-state index in [1.807, 2.05) is 17.9 Å². The maximum Gasteiger partial charge on any atom is 0.229 e. The van der Waals surface area contributed by atoms with Gasteiger partial charge in [-0.25, -0.2) is 4.39 Å². The van der Waals surface area contributed by atoms with Gasteiger partial charge < -0.3 is 10.2 Å². The summed E-state index contributed by atoms with van der Waals surface area (Å²) in [7, 11) is 0. The molecule has 2 saturated heterocycles. The van der Waals surface area contributed by atoms with Gasteiger partial charge in [-0.15, -0.1) is 0 Å². The number of rotatable bonds is 2. The fraction of sp³-hybridized carbons (Fsp3) is 0.588. The molecule has 2 fully saturated rings. The first-order valence-electron chi connectivity index (χ1n) is 7.90. The quantitative estimate of drug-likeness (QED) is 0.907. The highest BCUT2D eigenvalue weighted by Gasteiger charge is 2.32. The fourth-order valence-corrected chi connectivity index (χ4v) is 3.63. The highest BCUT2D eigenvalue weighted by atomic mass is 19.1. The van der Waals surface area contributed by atoms with E-state index in [1.54, 1.807) is 6.07 Å². The van der Waals surface area contributed by atoms with Crippen LogP contribution < -0.4 is 5.32 Å². The summed E-state index contributed by atoms with van der Waals surface area (Å²) in [5.41, 5.74) is 0.770. The maximum atomic E-state index is 13.3. The number of hydrogen-bond donors (Lipinski definition) is 1. The SMILES string of the molecule is CC(C(=O)N1CC[C@@H]2CNC[C@@H]2CC1)c1cccc(F)c1. The van der Waals surface area contributed by atoms with Gasteiger partial charge in [-0.3, -0.25) is 4.79 Å². The lowest BCUT2D eigenvalue weighted by Crippen LogP contribution is -2.35. The van der Waals surface area contributed by atoms with Crippen LogP contribution in [0.1, 0.15) is 31.2 Å². The Morgan fingerprint density at radius 1 is 1.29 bits per heavy atom. The number of carbonyl (C=O) groups excluding carboxylic acids is 1. The minimum atomic E-state index is -0.274. The van der Waals surface area contributed by atoms with Crippen LogP contribution in [-0.4, -0.2) is 37.0 Å². The van der Waals surface area contributed by atoms with Gasteiger partial charge >= 0.3 is 0 Å². The largest absolute Gasteiger partial charge is 0.342 e. The number of benzene rings is 1. The van der Waals surface area contributed by atoms with Gasteiger partial charge in [0.25, 0.3) is 0 Å². The molecule has 1 aromatic carbocycles. The van der Waals surface area contributed by atoms with E-state index < -0.39 is 0 Å². The second-order valence-corrected chi connectivity index (χ2v) is 6.36. The van der Waals surface area contributed by atoms with E-state index in [4.69, 9.17) is 0 Å². The minimum absolute atomic E-state index is 0.133. The number of nitrogens with one attached hydrogen (secondary N) is 1. The van der Waals surface area contributed by atoms with E-state index in [0.29, 0.717) is 11.8 Å². The van der Waals surface area contributed by atoms with Gasteiger partial charge in [0.2, 0.25) is 5.91 Å². The molecule has 0 saturated carbocycles. The molecule has 2 aliphatic heterocycles. The van der Waals surface area contributed by atoms with Gasteiger partial charge in [-0.1, -0.05) is 12.1 Å². The normalized spacial score (nSPS) is 27.0. The fourth-order valence-electron chi connectivity index (χ4n) is 3.63. The van der Waals surface area contributed by atoms with Gasteiger partial charge in [0.15, 0.2) is 0 Å². The number of hydrogen-bond acceptors (Lipinski definition) is 2. The molecule has 0 aliphatic carbocycles. The van der Waals surface area contributed by atoms with E-state index in [2.05, 4.69) is 5.32 Å². The summed E-state index contributed by atoms with van der Waals surface area (Å²) >= 11 is 0. The highest BCUT2D eigenvalue weighted by molar-refractivity contribution is 5.83. The summed E-state index contributed by atoms with van der Waals surface area (Å²) in [5, 5.41) is 3.45. The topological polar surface area (TPSA) is 32.3 Å². The zero-order valence-corrected chi connectivity index (χ0v) is 12.5. The number of amides is 1. The Kier molecular flexibility index (Phi) is 4.24. The second-order valence-electron chi connectivity index (χ2n) is 6.36. The maximum absolute atomic E-state index is 13.3. The molecule has 1 amide bonds. The summed E-state index contributed by atoms with van der Waals surface area (Å²) in [4.78, 5) is 14.7. The second kappa shape index (κ2) is 6.14. The lowest BCUT2D eigenvalue weighted by atomic mass is 9.92. The summed E-state index contributed by atoms with van der Waals surface area (Å²) in [6.07, 6.45) is 2.17. The third kappa shape index (κ3) is 3.10. The van der Waals surface area contributed by atoms with Gasteiger partial charge in [-0.05, 0) is 62.4 Å². The molecule has 1 aromatic rings. The van der Waals surface area contributed by atoms with Crippen molar-refractivity contribution in [3.05, 3.63) is 35.6 Å². The van der Waals surface area contributed by atoms with Crippen LogP contribution in [0.3, 0.4) is 0 Å². The molecule has 3 atom stereocenters. The molecule has 114 valence electrons. The molecule has 21 heavy (non-hydrogen) atoms. The minimum Gasteiger partial charge on any atom is -0.342 e. The van der Waals surface area contributed by atoms with Crippen LogP contribution in [0.5, 0.6) is 0 Å². The highest BCUT2D eigenvalue weighted by Crippen LogP contribution is 2.28. The predicted octanol–water partition coefficient (Wildman–Crippen LogP) is 2.39. The molecule has 0 radical (unpaired) electrons. The third-order valence-electron chi connectivity index (χ3n) is 5.05. The van der Waals surface area contributed by atoms with Crippen molar-refractivity contribution in [3.63, 3.8) is 0 Å². The van der Waals surface area contributed by atoms with Crippen LogP contribution >= 0.6 is 0 Å². The Bertz CT molecular complexity index is 505. The Labute approximate surface area is 125 Å².